The number of hydrogen-bond donors (Lipinski definition) is 1. The predicted octanol–water partition coefficient (Wildman–Crippen LogP) is 1.08. The van der Waals surface area contributed by atoms with Crippen LogP contribution in [0.5, 0.6) is 0 Å². The first-order valence-corrected chi connectivity index (χ1v) is 4.68. The topological polar surface area (TPSA) is 47.6 Å². The lowest BCUT2D eigenvalue weighted by Crippen LogP contribution is -2.44. The van der Waals surface area contributed by atoms with E-state index in [9.17, 15) is 4.79 Å². The Morgan fingerprint density at radius 3 is 2.43 bits per heavy atom. The lowest BCUT2D eigenvalue weighted by molar-refractivity contribution is -0.135. The van der Waals surface area contributed by atoms with Crippen LogP contribution in [0.2, 0.25) is 0 Å². The van der Waals surface area contributed by atoms with Gasteiger partial charge in [-0.1, -0.05) is 19.9 Å². The number of amides is 1. The number of hydrogen-bond acceptors (Lipinski definition) is 3. The Morgan fingerprint density at radius 1 is 1.50 bits per heavy atom. The van der Waals surface area contributed by atoms with Gasteiger partial charge in [0.05, 0.1) is 6.04 Å². The first-order valence-electron chi connectivity index (χ1n) is 4.68. The Hall–Kier alpha value is -0.870. The van der Waals surface area contributed by atoms with Gasteiger partial charge in [0.2, 0.25) is 5.91 Å². The van der Waals surface area contributed by atoms with Crippen LogP contribution >= 0.6 is 0 Å². The van der Waals surface area contributed by atoms with Gasteiger partial charge >= 0.3 is 0 Å². The standard InChI is InChI=1S/C10H19NO3/c1-5-7-8(10(13-3)14-4)11-9(12)6-2/h6,8,10H,2,5,7H2,1,3-4H3,(H,11,12). The fraction of sp³-hybridized carbons (Fsp3) is 0.700. The second-order valence-corrected chi connectivity index (χ2v) is 2.95. The molecule has 0 radical (unpaired) electrons. The zero-order valence-electron chi connectivity index (χ0n) is 9.08. The molecule has 4 nitrogen and oxygen atoms in total. The van der Waals surface area contributed by atoms with E-state index in [1.807, 2.05) is 6.92 Å². The molecule has 0 saturated carbocycles. The lowest BCUT2D eigenvalue weighted by Gasteiger charge is -2.24. The molecule has 14 heavy (non-hydrogen) atoms. The van der Waals surface area contributed by atoms with E-state index < -0.39 is 6.29 Å². The number of ether oxygens (including phenoxy) is 2. The van der Waals surface area contributed by atoms with E-state index in [2.05, 4.69) is 11.9 Å². The van der Waals surface area contributed by atoms with Crippen molar-refractivity contribution in [1.82, 2.24) is 5.32 Å². The molecule has 1 amide bonds. The Morgan fingerprint density at radius 2 is 2.07 bits per heavy atom. The number of rotatable bonds is 7. The van der Waals surface area contributed by atoms with Crippen molar-refractivity contribution < 1.29 is 14.3 Å². The maximum absolute atomic E-state index is 11.1. The van der Waals surface area contributed by atoms with Crippen LogP contribution < -0.4 is 5.32 Å². The van der Waals surface area contributed by atoms with E-state index in [0.29, 0.717) is 0 Å². The molecule has 0 aromatic rings. The zero-order valence-corrected chi connectivity index (χ0v) is 9.08. The SMILES string of the molecule is C=CC(=O)NC(CCC)C(OC)OC. The molecule has 0 aromatic carbocycles. The van der Waals surface area contributed by atoms with Gasteiger partial charge in [-0.3, -0.25) is 4.79 Å². The van der Waals surface area contributed by atoms with Crippen LogP contribution in [0.3, 0.4) is 0 Å². The van der Waals surface area contributed by atoms with Crippen LogP contribution in [-0.4, -0.2) is 32.5 Å². The molecule has 0 aliphatic rings. The smallest absolute Gasteiger partial charge is 0.243 e. The van der Waals surface area contributed by atoms with Crippen molar-refractivity contribution in [2.24, 2.45) is 0 Å². The van der Waals surface area contributed by atoms with Crippen LogP contribution in [0.25, 0.3) is 0 Å². The van der Waals surface area contributed by atoms with E-state index in [-0.39, 0.29) is 11.9 Å². The highest BCUT2D eigenvalue weighted by atomic mass is 16.7. The molecule has 0 rings (SSSR count). The van der Waals surface area contributed by atoms with Crippen molar-refractivity contribution in [3.63, 3.8) is 0 Å². The van der Waals surface area contributed by atoms with Crippen molar-refractivity contribution >= 4 is 5.91 Å². The molecule has 1 N–H and O–H groups in total. The lowest BCUT2D eigenvalue weighted by atomic mass is 10.1. The predicted molar refractivity (Wildman–Crippen MR) is 54.8 cm³/mol. The third kappa shape index (κ3) is 4.39. The summed E-state index contributed by atoms with van der Waals surface area (Å²) in [7, 11) is 3.10. The molecule has 0 aliphatic heterocycles. The second-order valence-electron chi connectivity index (χ2n) is 2.95. The molecule has 0 spiro atoms. The molecule has 1 unspecified atom stereocenters. The summed E-state index contributed by atoms with van der Waals surface area (Å²) in [5.41, 5.74) is 0. The number of methoxy groups -OCH3 is 2. The van der Waals surface area contributed by atoms with Gasteiger partial charge in [0.15, 0.2) is 6.29 Å². The summed E-state index contributed by atoms with van der Waals surface area (Å²) in [6, 6.07) is -0.125. The zero-order chi connectivity index (χ0) is 11.0. The van der Waals surface area contributed by atoms with E-state index >= 15 is 0 Å². The monoisotopic (exact) mass is 201 g/mol. The highest BCUT2D eigenvalue weighted by Gasteiger charge is 2.20. The molecule has 82 valence electrons. The minimum Gasteiger partial charge on any atom is -0.354 e. The summed E-state index contributed by atoms with van der Waals surface area (Å²) in [5.74, 6) is -0.206. The Kier molecular flexibility index (Phi) is 7.06. The van der Waals surface area contributed by atoms with Gasteiger partial charge < -0.3 is 14.8 Å². The van der Waals surface area contributed by atoms with Gasteiger partial charge in [-0.25, -0.2) is 0 Å². The summed E-state index contributed by atoms with van der Waals surface area (Å²) in [6.45, 7) is 5.43. The van der Waals surface area contributed by atoms with Gasteiger partial charge in [-0.2, -0.15) is 0 Å². The van der Waals surface area contributed by atoms with E-state index in [0.717, 1.165) is 12.8 Å². The Balaban J connectivity index is 4.24. The minimum absolute atomic E-state index is 0.125. The van der Waals surface area contributed by atoms with Crippen molar-refractivity contribution in [1.29, 1.82) is 0 Å². The fourth-order valence-corrected chi connectivity index (χ4v) is 1.25. The first kappa shape index (κ1) is 13.1. The average Bonchev–Trinajstić information content (AvgIpc) is 2.19. The highest BCUT2D eigenvalue weighted by Crippen LogP contribution is 2.06. The number of carbonyl (C=O) groups is 1. The summed E-state index contributed by atoms with van der Waals surface area (Å²) >= 11 is 0. The summed E-state index contributed by atoms with van der Waals surface area (Å²) in [5, 5.41) is 2.76. The normalized spacial score (nSPS) is 12.6. The van der Waals surface area contributed by atoms with E-state index in [4.69, 9.17) is 9.47 Å². The maximum atomic E-state index is 11.1. The molecular weight excluding hydrogens is 182 g/mol. The Labute approximate surface area is 85.3 Å². The van der Waals surface area contributed by atoms with Crippen molar-refractivity contribution in [2.75, 3.05) is 14.2 Å². The Bertz CT molecular complexity index is 178. The molecular formula is C10H19NO3. The van der Waals surface area contributed by atoms with Gasteiger partial charge in [-0.15, -0.1) is 0 Å². The van der Waals surface area contributed by atoms with Crippen molar-refractivity contribution in [2.45, 2.75) is 32.1 Å². The van der Waals surface area contributed by atoms with Crippen LogP contribution in [0.4, 0.5) is 0 Å². The minimum atomic E-state index is -0.404. The average molecular weight is 201 g/mol. The molecule has 4 heteroatoms. The molecule has 0 bridgehead atoms. The quantitative estimate of drug-likeness (QED) is 0.495. The fourth-order valence-electron chi connectivity index (χ4n) is 1.25. The summed E-state index contributed by atoms with van der Waals surface area (Å²) < 4.78 is 10.2. The molecule has 0 aliphatic carbocycles. The van der Waals surface area contributed by atoms with Gasteiger partial charge in [0.1, 0.15) is 0 Å². The molecule has 0 aromatic heterocycles. The van der Waals surface area contributed by atoms with E-state index in [1.165, 1.54) is 6.08 Å². The summed E-state index contributed by atoms with van der Waals surface area (Å²) in [6.07, 6.45) is 2.60. The van der Waals surface area contributed by atoms with Gasteiger partial charge in [-0.05, 0) is 12.5 Å². The van der Waals surface area contributed by atoms with Crippen molar-refractivity contribution in [3.8, 4) is 0 Å². The van der Waals surface area contributed by atoms with Crippen LogP contribution in [0, 0.1) is 0 Å². The van der Waals surface area contributed by atoms with Crippen LogP contribution in [0.15, 0.2) is 12.7 Å². The van der Waals surface area contributed by atoms with Gasteiger partial charge in [0, 0.05) is 14.2 Å². The molecule has 1 atom stereocenters. The van der Waals surface area contributed by atoms with Crippen LogP contribution in [0.1, 0.15) is 19.8 Å². The molecule has 0 heterocycles. The highest BCUT2D eigenvalue weighted by molar-refractivity contribution is 5.87. The van der Waals surface area contributed by atoms with Crippen molar-refractivity contribution in [3.05, 3.63) is 12.7 Å². The number of nitrogens with one attached hydrogen (secondary N) is 1. The van der Waals surface area contributed by atoms with Crippen LogP contribution in [-0.2, 0) is 14.3 Å². The van der Waals surface area contributed by atoms with Gasteiger partial charge in [0.25, 0.3) is 0 Å². The largest absolute Gasteiger partial charge is 0.354 e. The summed E-state index contributed by atoms with van der Waals surface area (Å²) in [4.78, 5) is 11.1. The molecule has 0 fully saturated rings. The second kappa shape index (κ2) is 7.53. The molecule has 0 saturated heterocycles. The third-order valence-electron chi connectivity index (χ3n) is 1.91. The maximum Gasteiger partial charge on any atom is 0.243 e. The van der Waals surface area contributed by atoms with E-state index in [1.54, 1.807) is 14.2 Å². The first-order chi connectivity index (χ1) is 6.69. The third-order valence-corrected chi connectivity index (χ3v) is 1.91. The number of carbonyl (C=O) groups excluding carboxylic acids is 1.